The van der Waals surface area contributed by atoms with Gasteiger partial charge in [0.25, 0.3) is 5.91 Å². The summed E-state index contributed by atoms with van der Waals surface area (Å²) in [6, 6.07) is 3.51. The average molecular weight is 299 g/mol. The first-order valence-electron chi connectivity index (χ1n) is 6.54. The van der Waals surface area contributed by atoms with Crippen molar-refractivity contribution < 1.29 is 14.0 Å². The minimum atomic E-state index is -0.573. The number of nitrogens with one attached hydrogen (secondary N) is 1. The second-order valence-corrected chi connectivity index (χ2v) is 5.41. The largest absolute Gasteiger partial charge is 0.369 e. The number of hydrogen-bond acceptors (Lipinski definition) is 2. The van der Waals surface area contributed by atoms with Crippen molar-refractivity contribution >= 4 is 23.4 Å². The molecule has 4 nitrogen and oxygen atoms in total. The first-order valence-corrected chi connectivity index (χ1v) is 6.92. The van der Waals surface area contributed by atoms with Gasteiger partial charge in [-0.15, -0.1) is 0 Å². The monoisotopic (exact) mass is 298 g/mol. The Balaban J connectivity index is 2.09. The van der Waals surface area contributed by atoms with E-state index in [9.17, 15) is 14.0 Å². The van der Waals surface area contributed by atoms with Crippen LogP contribution >= 0.6 is 11.6 Å². The highest BCUT2D eigenvalue weighted by atomic mass is 35.5. The molecule has 2 amide bonds. The molecule has 20 heavy (non-hydrogen) atoms. The Morgan fingerprint density at radius 2 is 2.00 bits per heavy atom. The van der Waals surface area contributed by atoms with Crippen LogP contribution in [0.5, 0.6) is 0 Å². The zero-order chi connectivity index (χ0) is 14.7. The summed E-state index contributed by atoms with van der Waals surface area (Å²) in [6.07, 6.45) is 3.28. The van der Waals surface area contributed by atoms with Crippen molar-refractivity contribution in [3.05, 3.63) is 34.6 Å². The molecule has 1 aliphatic rings. The zero-order valence-electron chi connectivity index (χ0n) is 10.9. The minimum Gasteiger partial charge on any atom is -0.369 e. The van der Waals surface area contributed by atoms with Crippen LogP contribution in [-0.4, -0.2) is 17.9 Å². The number of amides is 2. The Morgan fingerprint density at radius 3 is 2.65 bits per heavy atom. The van der Waals surface area contributed by atoms with E-state index in [0.29, 0.717) is 12.8 Å². The number of carbonyl (C=O) groups is 2. The van der Waals surface area contributed by atoms with Gasteiger partial charge in [0.2, 0.25) is 5.91 Å². The van der Waals surface area contributed by atoms with Crippen LogP contribution in [0.15, 0.2) is 18.2 Å². The zero-order valence-corrected chi connectivity index (χ0v) is 11.6. The molecular weight excluding hydrogens is 283 g/mol. The summed E-state index contributed by atoms with van der Waals surface area (Å²) < 4.78 is 13.1. The molecule has 0 aromatic heterocycles. The van der Waals surface area contributed by atoms with E-state index in [-0.39, 0.29) is 28.5 Å². The van der Waals surface area contributed by atoms with Crippen LogP contribution in [0.4, 0.5) is 4.39 Å². The Morgan fingerprint density at radius 1 is 1.30 bits per heavy atom. The molecule has 0 spiro atoms. The van der Waals surface area contributed by atoms with Crippen molar-refractivity contribution in [2.75, 3.05) is 0 Å². The maximum atomic E-state index is 13.1. The molecule has 0 aliphatic heterocycles. The Kier molecular flexibility index (Phi) is 4.60. The van der Waals surface area contributed by atoms with Gasteiger partial charge in [-0.2, -0.15) is 0 Å². The lowest BCUT2D eigenvalue weighted by Crippen LogP contribution is -2.47. The van der Waals surface area contributed by atoms with Crippen LogP contribution in [0.25, 0.3) is 0 Å². The molecule has 3 N–H and O–H groups in total. The number of nitrogens with two attached hydrogens (primary N) is 1. The molecule has 2 atom stereocenters. The van der Waals surface area contributed by atoms with Gasteiger partial charge in [0.05, 0.1) is 10.9 Å². The van der Waals surface area contributed by atoms with Gasteiger partial charge >= 0.3 is 0 Å². The molecule has 108 valence electrons. The van der Waals surface area contributed by atoms with Crippen LogP contribution in [0.1, 0.15) is 36.0 Å². The second-order valence-electron chi connectivity index (χ2n) is 5.00. The molecule has 1 fully saturated rings. The molecule has 1 aliphatic carbocycles. The third-order valence-corrected chi connectivity index (χ3v) is 3.92. The van der Waals surface area contributed by atoms with Crippen molar-refractivity contribution in [3.8, 4) is 0 Å². The average Bonchev–Trinajstić information content (AvgIpc) is 2.42. The predicted molar refractivity (Wildman–Crippen MR) is 73.8 cm³/mol. The van der Waals surface area contributed by atoms with Crippen molar-refractivity contribution in [3.63, 3.8) is 0 Å². The van der Waals surface area contributed by atoms with E-state index in [4.69, 9.17) is 17.3 Å². The van der Waals surface area contributed by atoms with Crippen molar-refractivity contribution in [1.29, 1.82) is 0 Å². The number of primary amides is 1. The molecule has 0 radical (unpaired) electrons. The van der Waals surface area contributed by atoms with Gasteiger partial charge in [0, 0.05) is 11.6 Å². The van der Waals surface area contributed by atoms with E-state index < -0.39 is 11.7 Å². The normalized spacial score (nSPS) is 22.3. The van der Waals surface area contributed by atoms with E-state index in [1.54, 1.807) is 0 Å². The number of halogens is 2. The van der Waals surface area contributed by atoms with Crippen LogP contribution in [0, 0.1) is 11.7 Å². The Labute approximate surface area is 121 Å². The Bertz CT molecular complexity index is 536. The van der Waals surface area contributed by atoms with Crippen LogP contribution in [-0.2, 0) is 4.79 Å². The summed E-state index contributed by atoms with van der Waals surface area (Å²) in [5.41, 5.74) is 5.62. The molecule has 0 heterocycles. The molecular formula is C14H16ClFN2O2. The minimum absolute atomic E-state index is 0.104. The smallest absolute Gasteiger partial charge is 0.251 e. The lowest BCUT2D eigenvalue weighted by Gasteiger charge is -2.30. The second kappa shape index (κ2) is 6.22. The summed E-state index contributed by atoms with van der Waals surface area (Å²) >= 11 is 5.65. The van der Waals surface area contributed by atoms with Crippen molar-refractivity contribution in [2.24, 2.45) is 11.7 Å². The first kappa shape index (κ1) is 14.8. The van der Waals surface area contributed by atoms with Gasteiger partial charge < -0.3 is 11.1 Å². The maximum absolute atomic E-state index is 13.1. The van der Waals surface area contributed by atoms with Gasteiger partial charge in [0.15, 0.2) is 0 Å². The topological polar surface area (TPSA) is 72.2 Å². The van der Waals surface area contributed by atoms with Gasteiger partial charge in [-0.25, -0.2) is 4.39 Å². The third-order valence-electron chi connectivity index (χ3n) is 3.63. The SMILES string of the molecule is NC(=O)[C@H]1CCCC[C@H]1NC(=O)c1ccc(F)c(Cl)c1. The van der Waals surface area contributed by atoms with Crippen LogP contribution in [0.3, 0.4) is 0 Å². The van der Waals surface area contributed by atoms with Gasteiger partial charge in [-0.05, 0) is 31.0 Å². The van der Waals surface area contributed by atoms with Gasteiger partial charge in [-0.3, -0.25) is 9.59 Å². The standard InChI is InChI=1S/C14H16ClFN2O2/c15-10-7-8(5-6-11(10)16)14(20)18-12-4-2-1-3-9(12)13(17)19/h5-7,9,12H,1-4H2,(H2,17,19)(H,18,20)/t9-,12+/m0/s1. The van der Waals surface area contributed by atoms with Gasteiger partial charge in [-0.1, -0.05) is 24.4 Å². The fourth-order valence-electron chi connectivity index (χ4n) is 2.53. The molecule has 0 bridgehead atoms. The van der Waals surface area contributed by atoms with Crippen molar-refractivity contribution in [2.45, 2.75) is 31.7 Å². The lowest BCUT2D eigenvalue weighted by molar-refractivity contribution is -0.123. The van der Waals surface area contributed by atoms with Crippen LogP contribution < -0.4 is 11.1 Å². The number of hydrogen-bond donors (Lipinski definition) is 2. The quantitative estimate of drug-likeness (QED) is 0.898. The fraction of sp³-hybridized carbons (Fsp3) is 0.429. The summed E-state index contributed by atoms with van der Waals surface area (Å²) in [4.78, 5) is 23.5. The highest BCUT2D eigenvalue weighted by Crippen LogP contribution is 2.25. The van der Waals surface area contributed by atoms with E-state index in [2.05, 4.69) is 5.32 Å². The highest BCUT2D eigenvalue weighted by Gasteiger charge is 2.30. The van der Waals surface area contributed by atoms with Crippen molar-refractivity contribution in [1.82, 2.24) is 5.32 Å². The third kappa shape index (κ3) is 3.28. The molecule has 2 rings (SSSR count). The summed E-state index contributed by atoms with van der Waals surface area (Å²) in [5.74, 6) is -1.68. The summed E-state index contributed by atoms with van der Waals surface area (Å²) in [7, 11) is 0. The Hall–Kier alpha value is -1.62. The number of benzene rings is 1. The molecule has 0 saturated heterocycles. The van der Waals surface area contributed by atoms with Crippen LogP contribution in [0.2, 0.25) is 5.02 Å². The van der Waals surface area contributed by atoms with E-state index in [1.165, 1.54) is 12.1 Å². The maximum Gasteiger partial charge on any atom is 0.251 e. The molecule has 1 aromatic carbocycles. The summed E-state index contributed by atoms with van der Waals surface area (Å²) in [5, 5.41) is 2.69. The molecule has 6 heteroatoms. The first-order chi connectivity index (χ1) is 9.49. The lowest BCUT2D eigenvalue weighted by atomic mass is 9.84. The summed E-state index contributed by atoms with van der Waals surface area (Å²) in [6.45, 7) is 0. The number of rotatable bonds is 3. The fourth-order valence-corrected chi connectivity index (χ4v) is 2.71. The van der Waals surface area contributed by atoms with Gasteiger partial charge in [0.1, 0.15) is 5.82 Å². The molecule has 1 saturated carbocycles. The molecule has 0 unspecified atom stereocenters. The van der Waals surface area contributed by atoms with E-state index >= 15 is 0 Å². The number of carbonyl (C=O) groups excluding carboxylic acids is 2. The van der Waals surface area contributed by atoms with E-state index in [1.807, 2.05) is 0 Å². The molecule has 1 aromatic rings. The predicted octanol–water partition coefficient (Wildman–Crippen LogP) is 2.25. The van der Waals surface area contributed by atoms with E-state index in [0.717, 1.165) is 18.9 Å². The highest BCUT2D eigenvalue weighted by molar-refractivity contribution is 6.31.